The number of hydrogen-bond acceptors (Lipinski definition) is 3. The number of benzene rings is 1. The second-order valence-corrected chi connectivity index (χ2v) is 4.41. The van der Waals surface area contributed by atoms with E-state index in [1.807, 2.05) is 12.1 Å². The van der Waals surface area contributed by atoms with Crippen LogP contribution in [0.4, 0.5) is 0 Å². The van der Waals surface area contributed by atoms with Crippen molar-refractivity contribution < 1.29 is 9.84 Å². The molecule has 0 aliphatic carbocycles. The molecule has 0 fully saturated rings. The maximum Gasteiger partial charge on any atom is 0.118 e. The van der Waals surface area contributed by atoms with Crippen molar-refractivity contribution in [1.29, 1.82) is 0 Å². The highest BCUT2D eigenvalue weighted by molar-refractivity contribution is 5.27. The summed E-state index contributed by atoms with van der Waals surface area (Å²) < 4.78 is 5.12. The van der Waals surface area contributed by atoms with Crippen LogP contribution in [0.5, 0.6) is 5.75 Å². The van der Waals surface area contributed by atoms with Crippen LogP contribution in [-0.4, -0.2) is 30.9 Å². The molecular formula is C14H23NO2. The zero-order chi connectivity index (χ0) is 12.7. The van der Waals surface area contributed by atoms with Crippen LogP contribution in [0.2, 0.25) is 0 Å². The van der Waals surface area contributed by atoms with Crippen LogP contribution in [-0.2, 0) is 6.42 Å². The van der Waals surface area contributed by atoms with Crippen LogP contribution in [0.1, 0.15) is 25.8 Å². The van der Waals surface area contributed by atoms with Crippen LogP contribution in [0.3, 0.4) is 0 Å². The molecule has 0 aromatic heterocycles. The molecule has 2 atom stereocenters. The number of aliphatic hydroxyl groups is 1. The summed E-state index contributed by atoms with van der Waals surface area (Å²) in [7, 11) is 1.67. The van der Waals surface area contributed by atoms with Gasteiger partial charge in [0.05, 0.1) is 13.7 Å². The molecule has 1 unspecified atom stereocenters. The lowest BCUT2D eigenvalue weighted by Crippen LogP contribution is -2.39. The molecule has 3 nitrogen and oxygen atoms in total. The van der Waals surface area contributed by atoms with Crippen LogP contribution in [0.25, 0.3) is 0 Å². The van der Waals surface area contributed by atoms with Gasteiger partial charge < -0.3 is 15.2 Å². The molecule has 0 spiro atoms. The van der Waals surface area contributed by atoms with E-state index >= 15 is 0 Å². The van der Waals surface area contributed by atoms with Gasteiger partial charge >= 0.3 is 0 Å². The van der Waals surface area contributed by atoms with Crippen molar-refractivity contribution in [1.82, 2.24) is 5.32 Å². The van der Waals surface area contributed by atoms with Crippen LogP contribution >= 0.6 is 0 Å². The van der Waals surface area contributed by atoms with Crippen LogP contribution < -0.4 is 10.1 Å². The summed E-state index contributed by atoms with van der Waals surface area (Å²) in [6.07, 6.45) is 1.91. The summed E-state index contributed by atoms with van der Waals surface area (Å²) in [5.74, 6) is 0.885. The molecule has 0 heterocycles. The normalized spacial score (nSPS) is 14.4. The van der Waals surface area contributed by atoms with Crippen molar-refractivity contribution >= 4 is 0 Å². The predicted molar refractivity (Wildman–Crippen MR) is 70.5 cm³/mol. The fourth-order valence-corrected chi connectivity index (χ4v) is 1.88. The van der Waals surface area contributed by atoms with E-state index < -0.39 is 0 Å². The minimum atomic E-state index is 0.197. The fourth-order valence-electron chi connectivity index (χ4n) is 1.88. The van der Waals surface area contributed by atoms with Gasteiger partial charge in [0.25, 0.3) is 0 Å². The van der Waals surface area contributed by atoms with Crippen molar-refractivity contribution in [2.75, 3.05) is 13.7 Å². The molecule has 0 aliphatic heterocycles. The molecule has 96 valence electrons. The Morgan fingerprint density at radius 1 is 1.29 bits per heavy atom. The van der Waals surface area contributed by atoms with E-state index in [-0.39, 0.29) is 12.6 Å². The summed E-state index contributed by atoms with van der Waals surface area (Å²) >= 11 is 0. The topological polar surface area (TPSA) is 41.5 Å². The van der Waals surface area contributed by atoms with E-state index in [1.54, 1.807) is 7.11 Å². The molecule has 0 radical (unpaired) electrons. The van der Waals surface area contributed by atoms with E-state index in [0.717, 1.165) is 18.6 Å². The number of methoxy groups -OCH3 is 1. The fraction of sp³-hybridized carbons (Fsp3) is 0.571. The molecule has 0 saturated carbocycles. The molecule has 2 N–H and O–H groups in total. The Hall–Kier alpha value is -1.06. The third kappa shape index (κ3) is 4.75. The van der Waals surface area contributed by atoms with Gasteiger partial charge in [0.1, 0.15) is 5.75 Å². The third-order valence-corrected chi connectivity index (χ3v) is 2.93. The first kappa shape index (κ1) is 14.0. The standard InChI is InChI=1S/C14H23NO2/c1-4-13(10-16)15-11(2)9-12-5-7-14(17-3)8-6-12/h5-8,11,13,15-16H,4,9-10H2,1-3H3/t11?,13-/m0/s1. The number of nitrogens with one attached hydrogen (secondary N) is 1. The maximum absolute atomic E-state index is 9.13. The van der Waals surface area contributed by atoms with Crippen molar-refractivity contribution in [3.63, 3.8) is 0 Å². The summed E-state index contributed by atoms with van der Waals surface area (Å²) in [6.45, 7) is 4.42. The van der Waals surface area contributed by atoms with Crippen molar-refractivity contribution in [3.05, 3.63) is 29.8 Å². The predicted octanol–water partition coefficient (Wildman–Crippen LogP) is 1.99. The average molecular weight is 237 g/mol. The van der Waals surface area contributed by atoms with Crippen LogP contribution in [0.15, 0.2) is 24.3 Å². The average Bonchev–Trinajstić information content (AvgIpc) is 2.37. The van der Waals surface area contributed by atoms with Gasteiger partial charge in [0.2, 0.25) is 0 Å². The molecule has 1 rings (SSSR count). The number of aliphatic hydroxyl groups excluding tert-OH is 1. The highest BCUT2D eigenvalue weighted by Crippen LogP contribution is 2.12. The Bertz CT molecular complexity index is 307. The minimum absolute atomic E-state index is 0.197. The second kappa shape index (κ2) is 7.30. The summed E-state index contributed by atoms with van der Waals surface area (Å²) in [5.41, 5.74) is 1.28. The van der Waals surface area contributed by atoms with E-state index in [2.05, 4.69) is 31.3 Å². The number of hydrogen-bond donors (Lipinski definition) is 2. The van der Waals surface area contributed by atoms with Gasteiger partial charge in [0, 0.05) is 12.1 Å². The zero-order valence-electron chi connectivity index (χ0n) is 10.9. The smallest absolute Gasteiger partial charge is 0.118 e. The summed E-state index contributed by atoms with van der Waals surface area (Å²) in [5, 5.41) is 12.5. The van der Waals surface area contributed by atoms with Crippen molar-refractivity contribution in [2.45, 2.75) is 38.8 Å². The van der Waals surface area contributed by atoms with Crippen molar-refractivity contribution in [3.8, 4) is 5.75 Å². The monoisotopic (exact) mass is 237 g/mol. The first-order valence-electron chi connectivity index (χ1n) is 6.19. The lowest BCUT2D eigenvalue weighted by molar-refractivity contribution is 0.229. The van der Waals surface area contributed by atoms with E-state index in [9.17, 15) is 0 Å². The number of ether oxygens (including phenoxy) is 1. The Morgan fingerprint density at radius 2 is 1.94 bits per heavy atom. The largest absolute Gasteiger partial charge is 0.497 e. The Morgan fingerprint density at radius 3 is 2.41 bits per heavy atom. The first-order valence-corrected chi connectivity index (χ1v) is 6.19. The molecule has 0 bridgehead atoms. The van der Waals surface area contributed by atoms with Gasteiger partial charge in [-0.05, 0) is 37.5 Å². The van der Waals surface area contributed by atoms with Gasteiger partial charge in [-0.3, -0.25) is 0 Å². The van der Waals surface area contributed by atoms with Gasteiger partial charge in [-0.15, -0.1) is 0 Å². The Balaban J connectivity index is 2.46. The minimum Gasteiger partial charge on any atom is -0.497 e. The molecule has 3 heteroatoms. The summed E-state index contributed by atoms with van der Waals surface area (Å²) in [6, 6.07) is 8.67. The highest BCUT2D eigenvalue weighted by atomic mass is 16.5. The van der Waals surface area contributed by atoms with Gasteiger partial charge in [-0.2, -0.15) is 0 Å². The molecule has 0 saturated heterocycles. The lowest BCUT2D eigenvalue weighted by Gasteiger charge is -2.20. The molecule has 17 heavy (non-hydrogen) atoms. The molecule has 1 aromatic carbocycles. The Kier molecular flexibility index (Phi) is 6.01. The second-order valence-electron chi connectivity index (χ2n) is 4.41. The first-order chi connectivity index (χ1) is 8.19. The molecular weight excluding hydrogens is 214 g/mol. The molecule has 0 amide bonds. The zero-order valence-corrected chi connectivity index (χ0v) is 10.9. The van der Waals surface area contributed by atoms with Gasteiger partial charge in [-0.1, -0.05) is 19.1 Å². The molecule has 1 aromatic rings. The SMILES string of the molecule is CC[C@@H](CO)NC(C)Cc1ccc(OC)cc1. The van der Waals surface area contributed by atoms with Crippen molar-refractivity contribution in [2.24, 2.45) is 0 Å². The molecule has 0 aliphatic rings. The Labute approximate surface area is 104 Å². The van der Waals surface area contributed by atoms with Gasteiger partial charge in [0.15, 0.2) is 0 Å². The van der Waals surface area contributed by atoms with E-state index in [0.29, 0.717) is 6.04 Å². The lowest BCUT2D eigenvalue weighted by atomic mass is 10.1. The summed E-state index contributed by atoms with van der Waals surface area (Å²) in [4.78, 5) is 0. The quantitative estimate of drug-likeness (QED) is 0.762. The van der Waals surface area contributed by atoms with E-state index in [1.165, 1.54) is 5.56 Å². The van der Waals surface area contributed by atoms with E-state index in [4.69, 9.17) is 9.84 Å². The maximum atomic E-state index is 9.13. The van der Waals surface area contributed by atoms with Crippen LogP contribution in [0, 0.1) is 0 Å². The number of rotatable bonds is 7. The highest BCUT2D eigenvalue weighted by Gasteiger charge is 2.09. The third-order valence-electron chi connectivity index (χ3n) is 2.93. The van der Waals surface area contributed by atoms with Gasteiger partial charge in [-0.25, -0.2) is 0 Å².